The molecule has 2 aromatic carbocycles. The summed E-state index contributed by atoms with van der Waals surface area (Å²) in [5.41, 5.74) is 4.51. The van der Waals surface area contributed by atoms with Crippen molar-refractivity contribution < 1.29 is 9.53 Å². The van der Waals surface area contributed by atoms with Gasteiger partial charge in [-0.15, -0.1) is 0 Å². The van der Waals surface area contributed by atoms with Crippen LogP contribution in [0.2, 0.25) is 0 Å². The lowest BCUT2D eigenvalue weighted by Gasteiger charge is -2.10. The van der Waals surface area contributed by atoms with Crippen molar-refractivity contribution in [1.29, 1.82) is 0 Å². The smallest absolute Gasteiger partial charge is 0.293 e. The Morgan fingerprint density at radius 1 is 1.05 bits per heavy atom. The SMILES string of the molecule is C/C=C/c1cccc(-c2ccc(C(C)OC=O)cc2)c1. The third kappa shape index (κ3) is 3.35. The molecular weight excluding hydrogens is 248 g/mol. The molecule has 0 aliphatic rings. The molecule has 0 aliphatic heterocycles. The van der Waals surface area contributed by atoms with E-state index in [9.17, 15) is 4.79 Å². The second kappa shape index (κ2) is 6.71. The molecule has 0 saturated heterocycles. The molecule has 0 bridgehead atoms. The third-order valence-electron chi connectivity index (χ3n) is 3.22. The fourth-order valence-corrected chi connectivity index (χ4v) is 2.12. The van der Waals surface area contributed by atoms with Crippen molar-refractivity contribution in [2.75, 3.05) is 0 Å². The largest absolute Gasteiger partial charge is 0.460 e. The molecule has 0 amide bonds. The Morgan fingerprint density at radius 2 is 1.80 bits per heavy atom. The Labute approximate surface area is 119 Å². The normalized spacial score (nSPS) is 12.3. The van der Waals surface area contributed by atoms with Crippen LogP contribution in [0, 0.1) is 0 Å². The van der Waals surface area contributed by atoms with E-state index in [-0.39, 0.29) is 6.10 Å². The molecule has 0 saturated carbocycles. The molecule has 2 nitrogen and oxygen atoms in total. The number of allylic oxidation sites excluding steroid dienone is 1. The van der Waals surface area contributed by atoms with Crippen LogP contribution in [0.15, 0.2) is 54.6 Å². The zero-order valence-corrected chi connectivity index (χ0v) is 11.7. The summed E-state index contributed by atoms with van der Waals surface area (Å²) < 4.78 is 4.93. The van der Waals surface area contributed by atoms with Gasteiger partial charge >= 0.3 is 0 Å². The van der Waals surface area contributed by atoms with E-state index < -0.39 is 0 Å². The summed E-state index contributed by atoms with van der Waals surface area (Å²) in [6.07, 6.45) is 3.90. The van der Waals surface area contributed by atoms with Crippen LogP contribution >= 0.6 is 0 Å². The first kappa shape index (κ1) is 14.1. The number of hydrogen-bond acceptors (Lipinski definition) is 2. The highest BCUT2D eigenvalue weighted by atomic mass is 16.5. The van der Waals surface area contributed by atoms with E-state index in [1.54, 1.807) is 0 Å². The van der Waals surface area contributed by atoms with Crippen LogP contribution in [0.25, 0.3) is 17.2 Å². The van der Waals surface area contributed by atoms with Gasteiger partial charge in [0.1, 0.15) is 6.10 Å². The minimum absolute atomic E-state index is 0.212. The Hall–Kier alpha value is -2.35. The molecule has 102 valence electrons. The van der Waals surface area contributed by atoms with E-state index in [2.05, 4.69) is 42.5 Å². The summed E-state index contributed by atoms with van der Waals surface area (Å²) in [5, 5.41) is 0. The number of rotatable bonds is 5. The number of benzene rings is 2. The maximum Gasteiger partial charge on any atom is 0.293 e. The van der Waals surface area contributed by atoms with Gasteiger partial charge in [0, 0.05) is 0 Å². The maximum atomic E-state index is 10.3. The van der Waals surface area contributed by atoms with Gasteiger partial charge in [-0.1, -0.05) is 54.6 Å². The lowest BCUT2D eigenvalue weighted by Crippen LogP contribution is -1.97. The van der Waals surface area contributed by atoms with Crippen molar-refractivity contribution in [3.8, 4) is 11.1 Å². The van der Waals surface area contributed by atoms with Gasteiger partial charge < -0.3 is 4.74 Å². The second-order valence-corrected chi connectivity index (χ2v) is 4.62. The van der Waals surface area contributed by atoms with E-state index in [0.717, 1.165) is 11.1 Å². The van der Waals surface area contributed by atoms with Gasteiger partial charge in [0.25, 0.3) is 6.47 Å². The van der Waals surface area contributed by atoms with Crippen LogP contribution in [-0.4, -0.2) is 6.47 Å². The molecular formula is C18H18O2. The highest BCUT2D eigenvalue weighted by molar-refractivity contribution is 5.67. The van der Waals surface area contributed by atoms with Crippen LogP contribution in [0.3, 0.4) is 0 Å². The number of hydrogen-bond donors (Lipinski definition) is 0. The molecule has 0 aliphatic carbocycles. The molecule has 2 heteroatoms. The van der Waals surface area contributed by atoms with Gasteiger partial charge in [-0.25, -0.2) is 0 Å². The van der Waals surface area contributed by atoms with Gasteiger partial charge in [0.05, 0.1) is 0 Å². The van der Waals surface area contributed by atoms with Crippen molar-refractivity contribution in [2.45, 2.75) is 20.0 Å². The quantitative estimate of drug-likeness (QED) is 0.738. The topological polar surface area (TPSA) is 26.3 Å². The molecule has 20 heavy (non-hydrogen) atoms. The van der Waals surface area contributed by atoms with Gasteiger partial charge in [-0.2, -0.15) is 0 Å². The van der Waals surface area contributed by atoms with Gasteiger partial charge in [-0.05, 0) is 42.2 Å². The predicted molar refractivity (Wildman–Crippen MR) is 82.2 cm³/mol. The van der Waals surface area contributed by atoms with E-state index in [4.69, 9.17) is 4.74 Å². The van der Waals surface area contributed by atoms with Crippen LogP contribution in [-0.2, 0) is 9.53 Å². The molecule has 0 fully saturated rings. The van der Waals surface area contributed by atoms with Crippen molar-refractivity contribution in [2.24, 2.45) is 0 Å². The fourth-order valence-electron chi connectivity index (χ4n) is 2.12. The molecule has 0 N–H and O–H groups in total. The van der Waals surface area contributed by atoms with E-state index >= 15 is 0 Å². The summed E-state index contributed by atoms with van der Waals surface area (Å²) in [6.45, 7) is 4.35. The minimum Gasteiger partial charge on any atom is -0.460 e. The zero-order chi connectivity index (χ0) is 14.4. The Bertz CT molecular complexity index is 597. The molecule has 1 atom stereocenters. The lowest BCUT2D eigenvalue weighted by molar-refractivity contribution is -0.133. The standard InChI is InChI=1S/C18H18O2/c1-3-5-15-6-4-7-18(12-15)17-10-8-16(9-11-17)14(2)20-13-19/h3-14H,1-2H3/b5-3+. The molecule has 0 radical (unpaired) electrons. The molecule has 0 aromatic heterocycles. The molecule has 0 spiro atoms. The Balaban J connectivity index is 2.25. The van der Waals surface area contributed by atoms with Crippen molar-refractivity contribution in [3.05, 3.63) is 65.7 Å². The maximum absolute atomic E-state index is 10.3. The Kier molecular flexibility index (Phi) is 4.72. The predicted octanol–water partition coefficient (Wildman–Crippen LogP) is 4.62. The van der Waals surface area contributed by atoms with Gasteiger partial charge in [-0.3, -0.25) is 4.79 Å². The van der Waals surface area contributed by atoms with E-state index in [1.165, 1.54) is 11.1 Å². The summed E-state index contributed by atoms with van der Waals surface area (Å²) in [7, 11) is 0. The highest BCUT2D eigenvalue weighted by Gasteiger charge is 2.05. The zero-order valence-electron chi connectivity index (χ0n) is 11.7. The molecule has 1 unspecified atom stereocenters. The average molecular weight is 266 g/mol. The van der Waals surface area contributed by atoms with Gasteiger partial charge in [0.2, 0.25) is 0 Å². The summed E-state index contributed by atoms with van der Waals surface area (Å²) in [6, 6.07) is 16.5. The van der Waals surface area contributed by atoms with Crippen LogP contribution in [0.4, 0.5) is 0 Å². The van der Waals surface area contributed by atoms with E-state index in [1.807, 2.05) is 32.1 Å². The van der Waals surface area contributed by atoms with Crippen LogP contribution < -0.4 is 0 Å². The average Bonchev–Trinajstić information content (AvgIpc) is 2.48. The molecule has 0 heterocycles. The number of carbonyl (C=O) groups is 1. The van der Waals surface area contributed by atoms with Gasteiger partial charge in [0.15, 0.2) is 0 Å². The summed E-state index contributed by atoms with van der Waals surface area (Å²) in [5.74, 6) is 0. The Morgan fingerprint density at radius 3 is 2.45 bits per heavy atom. The first-order valence-corrected chi connectivity index (χ1v) is 6.67. The number of ether oxygens (including phenoxy) is 1. The summed E-state index contributed by atoms with van der Waals surface area (Å²) >= 11 is 0. The molecule has 2 aromatic rings. The molecule has 2 rings (SSSR count). The van der Waals surface area contributed by atoms with Crippen molar-refractivity contribution in [1.82, 2.24) is 0 Å². The van der Waals surface area contributed by atoms with Crippen molar-refractivity contribution in [3.63, 3.8) is 0 Å². The lowest BCUT2D eigenvalue weighted by atomic mass is 10.0. The first-order valence-electron chi connectivity index (χ1n) is 6.67. The second-order valence-electron chi connectivity index (χ2n) is 4.62. The highest BCUT2D eigenvalue weighted by Crippen LogP contribution is 2.24. The fraction of sp³-hybridized carbons (Fsp3) is 0.167. The summed E-state index contributed by atoms with van der Waals surface area (Å²) in [4.78, 5) is 10.3. The monoisotopic (exact) mass is 266 g/mol. The van der Waals surface area contributed by atoms with E-state index in [0.29, 0.717) is 6.47 Å². The minimum atomic E-state index is -0.212. The van der Waals surface area contributed by atoms with Crippen LogP contribution in [0.5, 0.6) is 0 Å². The third-order valence-corrected chi connectivity index (χ3v) is 3.22. The first-order chi connectivity index (χ1) is 9.74. The van der Waals surface area contributed by atoms with Crippen molar-refractivity contribution >= 4 is 12.5 Å². The van der Waals surface area contributed by atoms with Crippen LogP contribution in [0.1, 0.15) is 31.1 Å². The number of carbonyl (C=O) groups excluding carboxylic acids is 1.